The molecule has 0 aliphatic carbocycles. The van der Waals surface area contributed by atoms with E-state index >= 15 is 0 Å². The summed E-state index contributed by atoms with van der Waals surface area (Å²) < 4.78 is 5.65. The normalized spacial score (nSPS) is 22.8. The lowest BCUT2D eigenvalue weighted by atomic mass is 10.1. The van der Waals surface area contributed by atoms with Crippen LogP contribution in [0.15, 0.2) is 24.3 Å². The maximum Gasteiger partial charge on any atom is 0.238 e. The molecule has 0 bridgehead atoms. The van der Waals surface area contributed by atoms with Crippen LogP contribution in [0, 0.1) is 0 Å². The van der Waals surface area contributed by atoms with Crippen molar-refractivity contribution < 1.29 is 14.3 Å². The third kappa shape index (κ3) is 4.37. The number of nitrogens with zero attached hydrogens (tertiary/aromatic N) is 1. The summed E-state index contributed by atoms with van der Waals surface area (Å²) in [6.45, 7) is 7.30. The molecule has 1 aromatic carbocycles. The van der Waals surface area contributed by atoms with Crippen LogP contribution in [0.1, 0.15) is 31.1 Å². The van der Waals surface area contributed by atoms with Gasteiger partial charge in [0.1, 0.15) is 0 Å². The topological polar surface area (TPSA) is 58.6 Å². The largest absolute Gasteiger partial charge is 0.373 e. The Bertz CT molecular complexity index is 520. The predicted molar refractivity (Wildman–Crippen MR) is 81.5 cm³/mol. The number of carbonyl (C=O) groups excluding carboxylic acids is 2. The number of Topliss-reactive ketones (excluding diaryl/α,β-unsaturated/α-hetero) is 1. The highest BCUT2D eigenvalue weighted by Gasteiger charge is 2.23. The number of morpholine rings is 1. The highest BCUT2D eigenvalue weighted by Crippen LogP contribution is 2.16. The third-order valence-corrected chi connectivity index (χ3v) is 3.44. The molecule has 21 heavy (non-hydrogen) atoms. The van der Waals surface area contributed by atoms with Crippen molar-refractivity contribution in [2.45, 2.75) is 33.0 Å². The van der Waals surface area contributed by atoms with Gasteiger partial charge in [0.15, 0.2) is 5.78 Å². The maximum absolute atomic E-state index is 12.2. The van der Waals surface area contributed by atoms with E-state index in [0.29, 0.717) is 17.8 Å². The zero-order chi connectivity index (χ0) is 15.4. The standard InChI is InChI=1S/C16H22N2O3/c1-11-8-18(9-12(2)21-11)10-16(20)17-15-7-5-4-6-14(15)13(3)19/h4-7,11-12H,8-10H2,1-3H3,(H,17,20)/t11-,12-/m1/s1. The van der Waals surface area contributed by atoms with E-state index in [2.05, 4.69) is 10.2 Å². The molecule has 2 atom stereocenters. The number of hydrogen-bond acceptors (Lipinski definition) is 4. The lowest BCUT2D eigenvalue weighted by Gasteiger charge is -2.34. The lowest BCUT2D eigenvalue weighted by Crippen LogP contribution is -2.48. The second-order valence-electron chi connectivity index (χ2n) is 5.60. The SMILES string of the molecule is CC(=O)c1ccccc1NC(=O)CN1C[C@@H](C)O[C@H](C)C1. The highest BCUT2D eigenvalue weighted by atomic mass is 16.5. The first-order valence-electron chi connectivity index (χ1n) is 7.23. The number of para-hydroxylation sites is 1. The summed E-state index contributed by atoms with van der Waals surface area (Å²) in [6.07, 6.45) is 0.261. The number of hydrogen-bond donors (Lipinski definition) is 1. The number of carbonyl (C=O) groups is 2. The summed E-state index contributed by atoms with van der Waals surface area (Å²) in [5.74, 6) is -0.162. The number of anilines is 1. The van der Waals surface area contributed by atoms with Crippen LogP contribution in [0.3, 0.4) is 0 Å². The molecule has 2 rings (SSSR count). The maximum atomic E-state index is 12.2. The van der Waals surface area contributed by atoms with Crippen molar-refractivity contribution in [3.8, 4) is 0 Å². The molecular formula is C16H22N2O3. The molecule has 1 aromatic rings. The lowest BCUT2D eigenvalue weighted by molar-refractivity contribution is -0.121. The first kappa shape index (κ1) is 15.7. The van der Waals surface area contributed by atoms with Gasteiger partial charge < -0.3 is 10.1 Å². The predicted octanol–water partition coefficient (Wildman–Crippen LogP) is 1.94. The summed E-state index contributed by atoms with van der Waals surface area (Å²) in [7, 11) is 0. The molecule has 0 radical (unpaired) electrons. The van der Waals surface area contributed by atoms with Gasteiger partial charge in [-0.3, -0.25) is 14.5 Å². The smallest absolute Gasteiger partial charge is 0.238 e. The van der Waals surface area contributed by atoms with Gasteiger partial charge in [0.2, 0.25) is 5.91 Å². The van der Waals surface area contributed by atoms with Crippen LogP contribution in [0.4, 0.5) is 5.69 Å². The van der Waals surface area contributed by atoms with E-state index in [4.69, 9.17) is 4.74 Å². The van der Waals surface area contributed by atoms with Crippen molar-refractivity contribution in [3.05, 3.63) is 29.8 Å². The van der Waals surface area contributed by atoms with Crippen LogP contribution in [-0.4, -0.2) is 48.4 Å². The number of rotatable bonds is 4. The number of ketones is 1. The van der Waals surface area contributed by atoms with Gasteiger partial charge in [-0.25, -0.2) is 0 Å². The minimum absolute atomic E-state index is 0.0560. The van der Waals surface area contributed by atoms with E-state index in [1.165, 1.54) is 6.92 Å². The summed E-state index contributed by atoms with van der Waals surface area (Å²) in [6, 6.07) is 7.06. The van der Waals surface area contributed by atoms with E-state index in [1.807, 2.05) is 13.8 Å². The van der Waals surface area contributed by atoms with Crippen LogP contribution >= 0.6 is 0 Å². The second-order valence-corrected chi connectivity index (χ2v) is 5.60. The van der Waals surface area contributed by atoms with E-state index in [1.54, 1.807) is 24.3 Å². The molecule has 0 unspecified atom stereocenters. The Balaban J connectivity index is 1.97. The Morgan fingerprint density at radius 3 is 2.48 bits per heavy atom. The Kier molecular flexibility index (Phi) is 5.09. The van der Waals surface area contributed by atoms with Crippen LogP contribution in [0.25, 0.3) is 0 Å². The summed E-state index contributed by atoms with van der Waals surface area (Å²) in [5.41, 5.74) is 1.11. The quantitative estimate of drug-likeness (QED) is 0.861. The van der Waals surface area contributed by atoms with Gasteiger partial charge in [-0.05, 0) is 32.9 Å². The molecule has 1 heterocycles. The zero-order valence-electron chi connectivity index (χ0n) is 12.8. The minimum atomic E-state index is -0.106. The first-order chi connectivity index (χ1) is 9.95. The van der Waals surface area contributed by atoms with Gasteiger partial charge in [-0.2, -0.15) is 0 Å². The summed E-state index contributed by atoms with van der Waals surface area (Å²) >= 11 is 0. The molecule has 1 amide bonds. The van der Waals surface area contributed by atoms with E-state index in [0.717, 1.165) is 13.1 Å². The molecule has 1 aliphatic heterocycles. The van der Waals surface area contributed by atoms with Crippen LogP contribution in [0.5, 0.6) is 0 Å². The van der Waals surface area contributed by atoms with Crippen molar-refractivity contribution in [2.24, 2.45) is 0 Å². The molecule has 0 spiro atoms. The average Bonchev–Trinajstić information content (AvgIpc) is 2.37. The molecule has 1 N–H and O–H groups in total. The van der Waals surface area contributed by atoms with E-state index < -0.39 is 0 Å². The van der Waals surface area contributed by atoms with Crippen LogP contribution in [0.2, 0.25) is 0 Å². The van der Waals surface area contributed by atoms with Crippen molar-refractivity contribution in [2.75, 3.05) is 25.0 Å². The zero-order valence-corrected chi connectivity index (χ0v) is 12.8. The minimum Gasteiger partial charge on any atom is -0.373 e. The van der Waals surface area contributed by atoms with Gasteiger partial charge in [0.05, 0.1) is 24.4 Å². The molecule has 5 nitrogen and oxygen atoms in total. The van der Waals surface area contributed by atoms with Gasteiger partial charge >= 0.3 is 0 Å². The molecule has 0 aromatic heterocycles. The first-order valence-corrected chi connectivity index (χ1v) is 7.23. The van der Waals surface area contributed by atoms with Crippen LogP contribution in [-0.2, 0) is 9.53 Å². The number of nitrogens with one attached hydrogen (secondary N) is 1. The molecule has 114 valence electrons. The number of benzene rings is 1. The third-order valence-electron chi connectivity index (χ3n) is 3.44. The van der Waals surface area contributed by atoms with E-state index in [-0.39, 0.29) is 23.9 Å². The molecule has 1 saturated heterocycles. The van der Waals surface area contributed by atoms with Gasteiger partial charge in [-0.15, -0.1) is 0 Å². The fourth-order valence-electron chi connectivity index (χ4n) is 2.71. The number of ether oxygens (including phenoxy) is 1. The Labute approximate surface area is 125 Å². The van der Waals surface area contributed by atoms with Gasteiger partial charge in [-0.1, -0.05) is 12.1 Å². The average molecular weight is 290 g/mol. The Morgan fingerprint density at radius 1 is 1.24 bits per heavy atom. The number of amides is 1. The highest BCUT2D eigenvalue weighted by molar-refractivity contribution is 6.04. The molecule has 5 heteroatoms. The monoisotopic (exact) mass is 290 g/mol. The molecule has 1 aliphatic rings. The second kappa shape index (κ2) is 6.83. The fourth-order valence-corrected chi connectivity index (χ4v) is 2.71. The Morgan fingerprint density at radius 2 is 1.86 bits per heavy atom. The summed E-state index contributed by atoms with van der Waals surface area (Å²) in [4.78, 5) is 25.8. The Hall–Kier alpha value is -1.72. The van der Waals surface area contributed by atoms with Crippen molar-refractivity contribution in [1.82, 2.24) is 4.90 Å². The molecule has 0 saturated carbocycles. The van der Waals surface area contributed by atoms with Crippen molar-refractivity contribution in [3.63, 3.8) is 0 Å². The van der Waals surface area contributed by atoms with Gasteiger partial charge in [0.25, 0.3) is 0 Å². The van der Waals surface area contributed by atoms with Crippen molar-refractivity contribution >= 4 is 17.4 Å². The molecular weight excluding hydrogens is 268 g/mol. The summed E-state index contributed by atoms with van der Waals surface area (Å²) in [5, 5.41) is 2.83. The molecule has 1 fully saturated rings. The van der Waals surface area contributed by atoms with E-state index in [9.17, 15) is 9.59 Å². The van der Waals surface area contributed by atoms with Crippen molar-refractivity contribution in [1.29, 1.82) is 0 Å². The van der Waals surface area contributed by atoms with Crippen LogP contribution < -0.4 is 5.32 Å². The van der Waals surface area contributed by atoms with Gasteiger partial charge in [0, 0.05) is 18.7 Å². The fraction of sp³-hybridized carbons (Fsp3) is 0.500.